The highest BCUT2D eigenvalue weighted by Gasteiger charge is 2.23. The van der Waals surface area contributed by atoms with Crippen LogP contribution in [0.5, 0.6) is 0 Å². The van der Waals surface area contributed by atoms with E-state index in [1.165, 1.54) is 18.2 Å². The van der Waals surface area contributed by atoms with Crippen molar-refractivity contribution in [2.45, 2.75) is 40.8 Å². The molecule has 6 N–H and O–H groups in total. The Labute approximate surface area is 293 Å². The molecule has 0 saturated carbocycles. The van der Waals surface area contributed by atoms with Crippen molar-refractivity contribution in [2.75, 3.05) is 31.7 Å². The Balaban J connectivity index is 2.01. The van der Waals surface area contributed by atoms with E-state index in [1.54, 1.807) is 58.0 Å². The molecular formula is C35H38N6O8. The molecule has 0 bridgehead atoms. The van der Waals surface area contributed by atoms with Gasteiger partial charge in [0, 0.05) is 18.8 Å². The van der Waals surface area contributed by atoms with Gasteiger partial charge in [-0.2, -0.15) is 0 Å². The number of carbonyl (C=O) groups is 4. The van der Waals surface area contributed by atoms with Crippen LogP contribution in [-0.2, 0) is 32.3 Å². The Morgan fingerprint density at radius 1 is 0.653 bits per heavy atom. The number of carboxylic acid groups (broad SMARTS) is 4. The maximum atomic E-state index is 12.0. The van der Waals surface area contributed by atoms with Crippen molar-refractivity contribution in [3.05, 3.63) is 82.2 Å². The summed E-state index contributed by atoms with van der Waals surface area (Å²) in [5.74, 6) is -8.55. The zero-order valence-electron chi connectivity index (χ0n) is 34.8. The number of anilines is 1. The van der Waals surface area contributed by atoms with Gasteiger partial charge in [-0.25, -0.2) is 15.0 Å². The molecule has 0 amide bonds. The monoisotopic (exact) mass is 678 g/mol. The third kappa shape index (κ3) is 9.21. The van der Waals surface area contributed by atoms with Gasteiger partial charge in [0.1, 0.15) is 0 Å². The van der Waals surface area contributed by atoms with Crippen molar-refractivity contribution in [2.24, 2.45) is 0 Å². The normalized spacial score (nSPS) is 14.8. The molecule has 0 fully saturated rings. The van der Waals surface area contributed by atoms with Gasteiger partial charge in [-0.05, 0) is 91.4 Å². The van der Waals surface area contributed by atoms with E-state index < -0.39 is 63.0 Å². The summed E-state index contributed by atoms with van der Waals surface area (Å²) in [6.45, 7) is -9.14. The van der Waals surface area contributed by atoms with Gasteiger partial charge in [-0.15, -0.1) is 0 Å². The van der Waals surface area contributed by atoms with E-state index in [2.05, 4.69) is 4.98 Å². The van der Waals surface area contributed by atoms with Crippen LogP contribution in [0.3, 0.4) is 0 Å². The van der Waals surface area contributed by atoms with Gasteiger partial charge in [-0.3, -0.25) is 29.0 Å². The number of hydrogen-bond acceptors (Lipinski definition) is 10. The van der Waals surface area contributed by atoms with Gasteiger partial charge in [0.15, 0.2) is 0 Å². The number of benzene rings is 1. The second-order valence-corrected chi connectivity index (χ2v) is 10.8. The van der Waals surface area contributed by atoms with Crippen LogP contribution < -0.4 is 5.73 Å². The molecule has 0 atom stereocenters. The van der Waals surface area contributed by atoms with Gasteiger partial charge in [0.05, 0.1) is 71.1 Å². The van der Waals surface area contributed by atoms with Crippen molar-refractivity contribution < 1.29 is 50.6 Å². The minimum absolute atomic E-state index is 0.00269. The quantitative estimate of drug-likeness (QED) is 0.113. The number of nitrogens with zero attached hydrogens (tertiary/aromatic N) is 5. The number of nitrogens with two attached hydrogens (primary N) is 1. The Kier molecular flexibility index (Phi) is 8.28. The average Bonchev–Trinajstić information content (AvgIpc) is 3.12. The summed E-state index contributed by atoms with van der Waals surface area (Å²) in [5, 5.41) is 38.4. The number of nitrogen functional groups attached to an aromatic ring is 1. The summed E-state index contributed by atoms with van der Waals surface area (Å²) in [6, 6.07) is 12.6. The minimum Gasteiger partial charge on any atom is -0.480 e. The van der Waals surface area contributed by atoms with Crippen LogP contribution >= 0.6 is 0 Å². The smallest absolute Gasteiger partial charge is 0.317 e. The molecule has 0 radical (unpaired) electrons. The summed E-state index contributed by atoms with van der Waals surface area (Å²) >= 11 is 0. The second-order valence-electron chi connectivity index (χ2n) is 10.8. The number of rotatable bonds is 15. The van der Waals surface area contributed by atoms with Crippen molar-refractivity contribution in [3.8, 4) is 33.9 Å². The van der Waals surface area contributed by atoms with Gasteiger partial charge in [0.2, 0.25) is 0 Å². The molecule has 3 heterocycles. The second kappa shape index (κ2) is 15.4. The van der Waals surface area contributed by atoms with E-state index >= 15 is 0 Å². The van der Waals surface area contributed by atoms with E-state index in [-0.39, 0.29) is 44.0 Å². The topological polar surface area (TPSA) is 220 Å². The zero-order valence-corrected chi connectivity index (χ0v) is 26.8. The molecule has 256 valence electrons. The van der Waals surface area contributed by atoms with Crippen molar-refractivity contribution in [1.29, 1.82) is 0 Å². The van der Waals surface area contributed by atoms with Crippen LogP contribution in [0.2, 0.25) is 0 Å². The number of carboxylic acids is 4. The fraction of sp³-hybridized carbons (Fsp3) is 0.286. The molecular weight excluding hydrogens is 632 g/mol. The van der Waals surface area contributed by atoms with Crippen LogP contribution in [0.15, 0.2) is 48.5 Å². The summed E-state index contributed by atoms with van der Waals surface area (Å²) in [5.41, 5.74) is 10.0. The third-order valence-electron chi connectivity index (χ3n) is 7.50. The molecule has 14 nitrogen and oxygen atoms in total. The van der Waals surface area contributed by atoms with Gasteiger partial charge in [0.25, 0.3) is 0 Å². The standard InChI is InChI=1S/C35H38N6O8/c1-19-20(2)29(14-41(17-32(46)47)18-33(48)49)39-34(21(19)3)35-22(4)26(23-8-10-24(36)11-9-23)12-28(38-35)27-7-5-6-25(37-27)13-40(15-30(42)43)16-31(44)45/h5-12H,13-18,36H2,1-4H3,(H,42,43)(H,44,45)(H,46,47)(H,48,49)/i15D2,16D2,17D2,18D2. The highest BCUT2D eigenvalue weighted by Crippen LogP contribution is 2.36. The Bertz CT molecular complexity index is 2220. The average molecular weight is 679 g/mol. The minimum atomic E-state index is -3.51. The molecule has 1 aromatic carbocycles. The van der Waals surface area contributed by atoms with Crippen molar-refractivity contribution >= 4 is 29.6 Å². The first kappa shape index (κ1) is 26.3. The molecule has 0 unspecified atom stereocenters. The Morgan fingerprint density at radius 2 is 1.18 bits per heavy atom. The lowest BCUT2D eigenvalue weighted by atomic mass is 9.93. The largest absolute Gasteiger partial charge is 0.480 e. The van der Waals surface area contributed by atoms with Crippen LogP contribution in [0.25, 0.3) is 33.9 Å². The predicted octanol–water partition coefficient (Wildman–Crippen LogP) is 3.63. The molecule has 0 saturated heterocycles. The van der Waals surface area contributed by atoms with Crippen molar-refractivity contribution in [3.63, 3.8) is 0 Å². The van der Waals surface area contributed by atoms with Crippen molar-refractivity contribution in [1.82, 2.24) is 24.8 Å². The van der Waals surface area contributed by atoms with E-state index in [0.717, 1.165) is 0 Å². The zero-order chi connectivity index (χ0) is 43.2. The van der Waals surface area contributed by atoms with E-state index in [0.29, 0.717) is 39.1 Å². The van der Waals surface area contributed by atoms with E-state index in [1.807, 2.05) is 0 Å². The van der Waals surface area contributed by atoms with E-state index in [9.17, 15) is 39.6 Å². The lowest BCUT2D eigenvalue weighted by Crippen LogP contribution is -2.34. The maximum absolute atomic E-state index is 12.0. The van der Waals surface area contributed by atoms with Crippen LogP contribution in [-0.4, -0.2) is 95.0 Å². The molecule has 4 rings (SSSR count). The van der Waals surface area contributed by atoms with Gasteiger partial charge in [-0.1, -0.05) is 18.2 Å². The first-order valence-electron chi connectivity index (χ1n) is 18.5. The number of aromatic nitrogens is 3. The fourth-order valence-electron chi connectivity index (χ4n) is 4.99. The Morgan fingerprint density at radius 3 is 1.73 bits per heavy atom. The Hall–Kier alpha value is -5.73. The fourth-order valence-corrected chi connectivity index (χ4v) is 4.99. The summed E-state index contributed by atoms with van der Waals surface area (Å²) in [4.78, 5) is 61.6. The molecule has 0 aliphatic carbocycles. The van der Waals surface area contributed by atoms with Crippen LogP contribution in [0.4, 0.5) is 5.69 Å². The third-order valence-corrected chi connectivity index (χ3v) is 7.50. The molecule has 3 aromatic heterocycles. The highest BCUT2D eigenvalue weighted by atomic mass is 16.4. The van der Waals surface area contributed by atoms with E-state index in [4.69, 9.17) is 26.7 Å². The maximum Gasteiger partial charge on any atom is 0.317 e. The molecule has 0 aliphatic heterocycles. The number of hydrogen-bond donors (Lipinski definition) is 5. The van der Waals surface area contributed by atoms with Crippen LogP contribution in [0.1, 0.15) is 44.6 Å². The van der Waals surface area contributed by atoms with Gasteiger partial charge < -0.3 is 26.2 Å². The van der Waals surface area contributed by atoms with Gasteiger partial charge >= 0.3 is 23.9 Å². The molecule has 0 spiro atoms. The summed E-state index contributed by atoms with van der Waals surface area (Å²) in [6.07, 6.45) is 0. The van der Waals surface area contributed by atoms with Crippen LogP contribution in [0, 0.1) is 27.7 Å². The highest BCUT2D eigenvalue weighted by molar-refractivity contribution is 5.81. The summed E-state index contributed by atoms with van der Waals surface area (Å²) < 4.78 is 64.4. The molecule has 14 heteroatoms. The number of aliphatic carboxylic acids is 4. The number of pyridine rings is 3. The molecule has 49 heavy (non-hydrogen) atoms. The first-order chi connectivity index (χ1) is 26.2. The predicted molar refractivity (Wildman–Crippen MR) is 181 cm³/mol. The molecule has 0 aliphatic rings. The molecule has 4 aromatic rings. The SMILES string of the molecule is [2H]C([2H])(C(=O)O)N(Cc1cccc(-c2cc(-c3ccc(N)cc3)c(C)c(-c3nc(CN(C([2H])([2H])C(=O)O)C([2H])([2H])C(=O)O)c(C)c(C)c3C)n2)n1)C([2H])([2H])C(=O)O. The lowest BCUT2D eigenvalue weighted by molar-refractivity contribution is -0.144. The summed E-state index contributed by atoms with van der Waals surface area (Å²) in [7, 11) is 0. The lowest BCUT2D eigenvalue weighted by Gasteiger charge is -2.22. The first-order valence-corrected chi connectivity index (χ1v) is 14.5.